The molecule has 178 valence electrons. The van der Waals surface area contributed by atoms with Crippen molar-refractivity contribution in [3.8, 4) is 0 Å². The fourth-order valence-electron chi connectivity index (χ4n) is 4.12. The van der Waals surface area contributed by atoms with Crippen molar-refractivity contribution in [1.29, 1.82) is 0 Å². The van der Waals surface area contributed by atoms with Gasteiger partial charge in [-0.3, -0.25) is 4.79 Å². The highest BCUT2D eigenvalue weighted by molar-refractivity contribution is 8.04. The molecule has 1 aliphatic rings. The fraction of sp³-hybridized carbons (Fsp3) is 0.462. The third-order valence-corrected chi connectivity index (χ3v) is 8.19. The van der Waals surface area contributed by atoms with Crippen molar-refractivity contribution in [2.24, 2.45) is 11.7 Å². The van der Waals surface area contributed by atoms with Crippen LogP contribution in [0.15, 0.2) is 44.5 Å². The lowest BCUT2D eigenvalue weighted by Crippen LogP contribution is -2.44. The number of esters is 1. The van der Waals surface area contributed by atoms with Gasteiger partial charge < -0.3 is 15.6 Å². The zero-order valence-electron chi connectivity index (χ0n) is 20.2. The van der Waals surface area contributed by atoms with Gasteiger partial charge in [0.25, 0.3) is 0 Å². The number of aliphatic hydroxyl groups excluding tert-OH is 1. The Balaban J connectivity index is 1.95. The number of carbonyl (C=O) groups is 2. The third-order valence-electron chi connectivity index (χ3n) is 6.29. The lowest BCUT2D eigenvalue weighted by Gasteiger charge is -2.40. The van der Waals surface area contributed by atoms with E-state index in [1.165, 1.54) is 17.3 Å². The number of amides is 1. The molecule has 3 N–H and O–H groups in total. The number of hydrogen-bond acceptors (Lipinski definition) is 6. The summed E-state index contributed by atoms with van der Waals surface area (Å²) in [4.78, 5) is 26.1. The second kappa shape index (κ2) is 9.55. The maximum Gasteiger partial charge on any atom is 0.349 e. The first kappa shape index (κ1) is 25.4. The van der Waals surface area contributed by atoms with Gasteiger partial charge in [0.05, 0.1) is 0 Å². The Hall–Kier alpha value is -2.25. The molecule has 0 radical (unpaired) electrons. The number of aryl methyl sites for hydroxylation is 2. The van der Waals surface area contributed by atoms with Gasteiger partial charge in [0.1, 0.15) is 16.3 Å². The van der Waals surface area contributed by atoms with E-state index in [4.69, 9.17) is 10.5 Å². The van der Waals surface area contributed by atoms with Crippen LogP contribution in [0.1, 0.15) is 74.5 Å². The fourth-order valence-corrected chi connectivity index (χ4v) is 6.07. The van der Waals surface area contributed by atoms with E-state index in [1.807, 2.05) is 53.0 Å². The summed E-state index contributed by atoms with van der Waals surface area (Å²) in [6.45, 7) is 12.0. The number of carbonyl (C=O) groups excluding carboxylic acids is 2. The second-order valence-corrected chi connectivity index (χ2v) is 11.9. The molecule has 33 heavy (non-hydrogen) atoms. The molecule has 0 bridgehead atoms. The molecule has 3 rings (SSSR count). The topological polar surface area (TPSA) is 89.6 Å². The Morgan fingerprint density at radius 2 is 2.03 bits per heavy atom. The number of aliphatic hydroxyl groups is 1. The van der Waals surface area contributed by atoms with Crippen LogP contribution in [-0.4, -0.2) is 22.6 Å². The Labute approximate surface area is 204 Å². The summed E-state index contributed by atoms with van der Waals surface area (Å²) in [6.07, 6.45) is 1.72. The zero-order valence-corrected chi connectivity index (χ0v) is 21.8. The number of thioether (sulfide) groups is 1. The minimum Gasteiger partial charge on any atom is -0.511 e. The summed E-state index contributed by atoms with van der Waals surface area (Å²) in [7, 11) is 0. The van der Waals surface area contributed by atoms with E-state index in [0.717, 1.165) is 22.4 Å². The van der Waals surface area contributed by atoms with Crippen LogP contribution in [0, 0.1) is 12.8 Å². The van der Waals surface area contributed by atoms with Gasteiger partial charge in [-0.1, -0.05) is 46.4 Å². The van der Waals surface area contributed by atoms with Gasteiger partial charge in [-0.25, -0.2) is 4.79 Å². The predicted molar refractivity (Wildman–Crippen MR) is 135 cm³/mol. The molecule has 0 saturated carbocycles. The summed E-state index contributed by atoms with van der Waals surface area (Å²) in [6, 6.07) is 5.73. The van der Waals surface area contributed by atoms with Crippen LogP contribution in [0.2, 0.25) is 0 Å². The Bertz CT molecular complexity index is 1080. The minimum absolute atomic E-state index is 0.0519. The molecule has 0 saturated heterocycles. The number of nitrogens with two attached hydrogens (primary N) is 1. The van der Waals surface area contributed by atoms with Crippen molar-refractivity contribution >= 4 is 35.0 Å². The highest BCUT2D eigenvalue weighted by Crippen LogP contribution is 2.45. The summed E-state index contributed by atoms with van der Waals surface area (Å²) < 4.78 is 6.06. The number of hydrogen-bond donors (Lipinski definition) is 2. The molecule has 0 spiro atoms. The summed E-state index contributed by atoms with van der Waals surface area (Å²) >= 11 is 2.85. The largest absolute Gasteiger partial charge is 0.511 e. The summed E-state index contributed by atoms with van der Waals surface area (Å²) in [5.41, 5.74) is 7.81. The number of primary amides is 1. The van der Waals surface area contributed by atoms with Crippen LogP contribution in [0.4, 0.5) is 0 Å². The molecule has 1 atom stereocenters. The molecule has 0 fully saturated rings. The quantitative estimate of drug-likeness (QED) is 0.448. The molecule has 1 unspecified atom stereocenters. The SMILES string of the molecule is Cc1cc(SC2=C(O)CC(CCc3ccsc3)(C(C)C)OC2=O)c(C(C)(C)C)cc1C(N)=O. The summed E-state index contributed by atoms with van der Waals surface area (Å²) in [5, 5.41) is 15.2. The van der Waals surface area contributed by atoms with Crippen LogP contribution in [-0.2, 0) is 21.4 Å². The monoisotopic (exact) mass is 487 g/mol. The normalized spacial score (nSPS) is 19.2. The van der Waals surface area contributed by atoms with E-state index in [-0.39, 0.29) is 28.4 Å². The van der Waals surface area contributed by atoms with E-state index < -0.39 is 17.5 Å². The predicted octanol–water partition coefficient (Wildman–Crippen LogP) is 6.29. The highest BCUT2D eigenvalue weighted by atomic mass is 32.2. The van der Waals surface area contributed by atoms with Gasteiger partial charge in [0, 0.05) is 16.9 Å². The van der Waals surface area contributed by atoms with E-state index in [0.29, 0.717) is 12.0 Å². The van der Waals surface area contributed by atoms with Crippen molar-refractivity contribution in [3.63, 3.8) is 0 Å². The molecular formula is C26H33NO4S2. The Morgan fingerprint density at radius 3 is 2.55 bits per heavy atom. The van der Waals surface area contributed by atoms with Gasteiger partial charge in [0.2, 0.25) is 5.91 Å². The third kappa shape index (κ3) is 5.46. The molecule has 1 aromatic carbocycles. The molecular weight excluding hydrogens is 454 g/mol. The van der Waals surface area contributed by atoms with Crippen molar-refractivity contribution in [1.82, 2.24) is 0 Å². The smallest absolute Gasteiger partial charge is 0.349 e. The lowest BCUT2D eigenvalue weighted by atomic mass is 9.80. The summed E-state index contributed by atoms with van der Waals surface area (Å²) in [5.74, 6) is -0.872. The maximum atomic E-state index is 13.2. The molecule has 1 aliphatic heterocycles. The average molecular weight is 488 g/mol. The highest BCUT2D eigenvalue weighted by Gasteiger charge is 2.44. The maximum absolute atomic E-state index is 13.2. The molecule has 2 heterocycles. The van der Waals surface area contributed by atoms with Crippen molar-refractivity contribution in [3.05, 3.63) is 61.9 Å². The number of thiophene rings is 1. The lowest BCUT2D eigenvalue weighted by molar-refractivity contribution is -0.164. The first-order chi connectivity index (χ1) is 15.3. The number of rotatable bonds is 7. The molecule has 0 aliphatic carbocycles. The molecule has 1 aromatic heterocycles. The Kier molecular flexibility index (Phi) is 7.34. The van der Waals surface area contributed by atoms with Crippen molar-refractivity contribution in [2.45, 2.75) is 76.7 Å². The Morgan fingerprint density at radius 1 is 1.33 bits per heavy atom. The van der Waals surface area contributed by atoms with Gasteiger partial charge in [-0.2, -0.15) is 11.3 Å². The van der Waals surface area contributed by atoms with Crippen LogP contribution in [0.3, 0.4) is 0 Å². The first-order valence-electron chi connectivity index (χ1n) is 11.1. The number of cyclic esters (lactones) is 1. The van der Waals surface area contributed by atoms with Crippen molar-refractivity contribution in [2.75, 3.05) is 0 Å². The van der Waals surface area contributed by atoms with Gasteiger partial charge in [0.15, 0.2) is 0 Å². The van der Waals surface area contributed by atoms with E-state index >= 15 is 0 Å². The molecule has 1 amide bonds. The van der Waals surface area contributed by atoms with Gasteiger partial charge in [-0.15, -0.1) is 0 Å². The van der Waals surface area contributed by atoms with Gasteiger partial charge in [-0.05, 0) is 76.7 Å². The van der Waals surface area contributed by atoms with E-state index in [2.05, 4.69) is 11.4 Å². The number of ether oxygens (including phenoxy) is 1. The molecule has 5 nitrogen and oxygen atoms in total. The zero-order chi connectivity index (χ0) is 24.6. The van der Waals surface area contributed by atoms with E-state index in [9.17, 15) is 14.7 Å². The number of benzene rings is 1. The van der Waals surface area contributed by atoms with Crippen LogP contribution >= 0.6 is 23.1 Å². The first-order valence-corrected chi connectivity index (χ1v) is 12.9. The van der Waals surface area contributed by atoms with Crippen LogP contribution in [0.5, 0.6) is 0 Å². The van der Waals surface area contributed by atoms with Crippen LogP contribution in [0.25, 0.3) is 0 Å². The standard InChI is InChI=1S/C26H33NO4S2/c1-15(2)26(9-7-17-8-10-32-14-17)13-20(28)22(24(30)31-26)33-21-11-16(3)18(23(27)29)12-19(21)25(4,5)6/h8,10-12,14-15,28H,7,9,13H2,1-6H3,(H2,27,29). The van der Waals surface area contributed by atoms with Crippen LogP contribution < -0.4 is 5.73 Å². The minimum atomic E-state index is -0.744. The second-order valence-electron chi connectivity index (χ2n) is 10.1. The van der Waals surface area contributed by atoms with Gasteiger partial charge >= 0.3 is 5.97 Å². The van der Waals surface area contributed by atoms with Crippen molar-refractivity contribution < 1.29 is 19.4 Å². The molecule has 7 heteroatoms. The molecule has 2 aromatic rings. The average Bonchev–Trinajstić information content (AvgIpc) is 3.21. The van der Waals surface area contributed by atoms with E-state index in [1.54, 1.807) is 17.4 Å².